The lowest BCUT2D eigenvalue weighted by Gasteiger charge is -2.04. The predicted octanol–water partition coefficient (Wildman–Crippen LogP) is 4.38. The first-order valence-electron chi connectivity index (χ1n) is 8.28. The minimum absolute atomic E-state index is 0.0571. The summed E-state index contributed by atoms with van der Waals surface area (Å²) in [5.74, 6) is 0. The Morgan fingerprint density at radius 2 is 1.91 bits per heavy atom. The van der Waals surface area contributed by atoms with Crippen molar-refractivity contribution in [3.63, 3.8) is 0 Å². The molecule has 0 bridgehead atoms. The minimum Gasteiger partial charge on any atom is -0.390 e. The maximum atomic E-state index is 9.70. The summed E-state index contributed by atoms with van der Waals surface area (Å²) in [6.07, 6.45) is 6.27. The Hall–Kier alpha value is -1.72. The molecule has 0 radical (unpaired) electrons. The van der Waals surface area contributed by atoms with Gasteiger partial charge in [0.2, 0.25) is 4.96 Å². The van der Waals surface area contributed by atoms with Crippen LogP contribution in [0.1, 0.15) is 48.9 Å². The Balaban J connectivity index is 1.80. The Labute approximate surface area is 140 Å². The van der Waals surface area contributed by atoms with Crippen molar-refractivity contribution in [2.75, 3.05) is 0 Å². The van der Waals surface area contributed by atoms with E-state index in [-0.39, 0.29) is 6.61 Å². The fraction of sp³-hybridized carbons (Fsp3) is 0.444. The first kappa shape index (κ1) is 16.1. The van der Waals surface area contributed by atoms with Crippen molar-refractivity contribution in [1.82, 2.24) is 14.6 Å². The SMILES string of the molecule is CCCCCCc1ccc(-c2nc3sc(C)nn3c2CO)cc1. The molecule has 0 aliphatic heterocycles. The van der Waals surface area contributed by atoms with Crippen LogP contribution in [0.4, 0.5) is 0 Å². The van der Waals surface area contributed by atoms with Crippen LogP contribution in [0, 0.1) is 6.92 Å². The van der Waals surface area contributed by atoms with Gasteiger partial charge in [0.25, 0.3) is 0 Å². The van der Waals surface area contributed by atoms with E-state index < -0.39 is 0 Å². The number of imidazole rings is 1. The number of hydrogen-bond donors (Lipinski definition) is 1. The van der Waals surface area contributed by atoms with Gasteiger partial charge in [0, 0.05) is 5.56 Å². The summed E-state index contributed by atoms with van der Waals surface area (Å²) in [5, 5.41) is 15.1. The van der Waals surface area contributed by atoms with E-state index in [1.54, 1.807) is 15.9 Å². The summed E-state index contributed by atoms with van der Waals surface area (Å²) in [5.41, 5.74) is 4.01. The Bertz CT molecular complexity index is 774. The van der Waals surface area contributed by atoms with E-state index in [2.05, 4.69) is 41.3 Å². The van der Waals surface area contributed by atoms with Gasteiger partial charge in [-0.05, 0) is 25.3 Å². The molecular weight excluding hydrogens is 306 g/mol. The van der Waals surface area contributed by atoms with E-state index in [1.165, 1.54) is 31.2 Å². The molecule has 0 saturated heterocycles. The molecule has 2 aromatic heterocycles. The largest absolute Gasteiger partial charge is 0.390 e. The van der Waals surface area contributed by atoms with E-state index in [0.717, 1.165) is 33.3 Å². The quantitative estimate of drug-likeness (QED) is 0.654. The summed E-state index contributed by atoms with van der Waals surface area (Å²) in [6, 6.07) is 8.56. The molecule has 0 fully saturated rings. The second-order valence-corrected chi connectivity index (χ2v) is 7.05. The zero-order chi connectivity index (χ0) is 16.2. The summed E-state index contributed by atoms with van der Waals surface area (Å²) in [7, 11) is 0. The van der Waals surface area contributed by atoms with Gasteiger partial charge < -0.3 is 5.11 Å². The first-order chi connectivity index (χ1) is 11.2. The van der Waals surface area contributed by atoms with Gasteiger partial charge in [0.1, 0.15) is 5.01 Å². The standard InChI is InChI=1S/C18H23N3OS/c1-3-4-5-6-7-14-8-10-15(11-9-14)17-16(12-22)21-18(19-17)23-13(2)20-21/h8-11,22H,3-7,12H2,1-2H3. The monoisotopic (exact) mass is 329 g/mol. The summed E-state index contributed by atoms with van der Waals surface area (Å²) in [4.78, 5) is 5.49. The van der Waals surface area contributed by atoms with Gasteiger partial charge >= 0.3 is 0 Å². The molecule has 23 heavy (non-hydrogen) atoms. The van der Waals surface area contributed by atoms with Crippen LogP contribution in [0.15, 0.2) is 24.3 Å². The third-order valence-electron chi connectivity index (χ3n) is 4.09. The number of benzene rings is 1. The Morgan fingerprint density at radius 3 is 2.61 bits per heavy atom. The van der Waals surface area contributed by atoms with Gasteiger partial charge in [-0.1, -0.05) is 61.8 Å². The van der Waals surface area contributed by atoms with Crippen LogP contribution in [-0.4, -0.2) is 19.7 Å². The van der Waals surface area contributed by atoms with E-state index in [1.807, 2.05) is 6.92 Å². The van der Waals surface area contributed by atoms with Crippen LogP contribution in [0.2, 0.25) is 0 Å². The maximum Gasteiger partial charge on any atom is 0.213 e. The van der Waals surface area contributed by atoms with Crippen molar-refractivity contribution in [1.29, 1.82) is 0 Å². The molecule has 0 unspecified atom stereocenters. The van der Waals surface area contributed by atoms with E-state index >= 15 is 0 Å². The van der Waals surface area contributed by atoms with Crippen molar-refractivity contribution in [3.8, 4) is 11.3 Å². The highest BCUT2D eigenvalue weighted by Crippen LogP contribution is 2.27. The number of aromatic nitrogens is 3. The van der Waals surface area contributed by atoms with Gasteiger partial charge in [-0.15, -0.1) is 0 Å². The number of aliphatic hydroxyl groups excluding tert-OH is 1. The molecule has 0 saturated carbocycles. The van der Waals surface area contributed by atoms with Crippen molar-refractivity contribution in [2.24, 2.45) is 0 Å². The van der Waals surface area contributed by atoms with Crippen LogP contribution in [0.3, 0.4) is 0 Å². The van der Waals surface area contributed by atoms with Gasteiger partial charge in [0.05, 0.1) is 18.0 Å². The molecule has 0 spiro atoms. The van der Waals surface area contributed by atoms with Gasteiger partial charge in [-0.25, -0.2) is 9.50 Å². The van der Waals surface area contributed by atoms with Crippen molar-refractivity contribution < 1.29 is 5.11 Å². The Kier molecular flexibility index (Phi) is 5.08. The van der Waals surface area contributed by atoms with Crippen molar-refractivity contribution in [2.45, 2.75) is 52.6 Å². The molecule has 3 aromatic rings. The highest BCUT2D eigenvalue weighted by atomic mass is 32.1. The topological polar surface area (TPSA) is 50.4 Å². The van der Waals surface area contributed by atoms with Gasteiger partial charge in [-0.2, -0.15) is 5.10 Å². The summed E-state index contributed by atoms with van der Waals surface area (Å²) >= 11 is 1.55. The van der Waals surface area contributed by atoms with Crippen LogP contribution < -0.4 is 0 Å². The second kappa shape index (κ2) is 7.23. The van der Waals surface area contributed by atoms with Crippen LogP contribution in [0.5, 0.6) is 0 Å². The molecule has 4 nitrogen and oxygen atoms in total. The lowest BCUT2D eigenvalue weighted by atomic mass is 10.0. The lowest BCUT2D eigenvalue weighted by Crippen LogP contribution is -1.96. The summed E-state index contributed by atoms with van der Waals surface area (Å²) in [6.45, 7) is 4.13. The number of rotatable bonds is 7. The third kappa shape index (κ3) is 3.46. The fourth-order valence-electron chi connectivity index (χ4n) is 2.84. The summed E-state index contributed by atoms with van der Waals surface area (Å²) < 4.78 is 1.76. The zero-order valence-corrected chi connectivity index (χ0v) is 14.6. The molecule has 1 N–H and O–H groups in total. The number of hydrogen-bond acceptors (Lipinski definition) is 4. The van der Waals surface area contributed by atoms with E-state index in [9.17, 15) is 5.11 Å². The molecule has 0 aliphatic rings. The molecule has 5 heteroatoms. The second-order valence-electron chi connectivity index (χ2n) is 5.89. The third-order valence-corrected chi connectivity index (χ3v) is 4.92. The number of fused-ring (bicyclic) bond motifs is 1. The number of unbranched alkanes of at least 4 members (excludes halogenated alkanes) is 3. The van der Waals surface area contributed by atoms with Crippen LogP contribution in [-0.2, 0) is 13.0 Å². The van der Waals surface area contributed by atoms with Crippen molar-refractivity contribution >= 4 is 16.3 Å². The smallest absolute Gasteiger partial charge is 0.213 e. The highest BCUT2D eigenvalue weighted by molar-refractivity contribution is 7.16. The molecule has 3 rings (SSSR count). The van der Waals surface area contributed by atoms with E-state index in [4.69, 9.17) is 0 Å². The molecule has 122 valence electrons. The molecule has 0 aliphatic carbocycles. The van der Waals surface area contributed by atoms with Crippen molar-refractivity contribution in [3.05, 3.63) is 40.5 Å². The van der Waals surface area contributed by atoms with Crippen LogP contribution >= 0.6 is 11.3 Å². The molecule has 0 atom stereocenters. The molecule has 0 amide bonds. The van der Waals surface area contributed by atoms with Crippen LogP contribution in [0.25, 0.3) is 16.2 Å². The molecular formula is C18H23N3OS. The minimum atomic E-state index is -0.0571. The van der Waals surface area contributed by atoms with Gasteiger partial charge in [-0.3, -0.25) is 0 Å². The average molecular weight is 329 g/mol. The van der Waals surface area contributed by atoms with Gasteiger partial charge in [0.15, 0.2) is 0 Å². The lowest BCUT2D eigenvalue weighted by molar-refractivity contribution is 0.275. The number of aliphatic hydroxyl groups is 1. The number of nitrogens with zero attached hydrogens (tertiary/aromatic N) is 3. The average Bonchev–Trinajstić information content (AvgIpc) is 3.07. The first-order valence-corrected chi connectivity index (χ1v) is 9.09. The predicted molar refractivity (Wildman–Crippen MR) is 94.8 cm³/mol. The zero-order valence-electron chi connectivity index (χ0n) is 13.7. The molecule has 1 aromatic carbocycles. The molecule has 2 heterocycles. The Morgan fingerprint density at radius 1 is 1.13 bits per heavy atom. The maximum absolute atomic E-state index is 9.70. The number of aryl methyl sites for hydroxylation is 2. The fourth-order valence-corrected chi connectivity index (χ4v) is 3.61. The highest BCUT2D eigenvalue weighted by Gasteiger charge is 2.16. The normalized spacial score (nSPS) is 11.4. The van der Waals surface area contributed by atoms with E-state index in [0.29, 0.717) is 0 Å².